The molecule has 0 saturated carbocycles. The predicted octanol–water partition coefficient (Wildman–Crippen LogP) is 2.36. The monoisotopic (exact) mass is 276 g/mol. The highest BCUT2D eigenvalue weighted by atomic mass is 16.5. The maximum absolute atomic E-state index is 11.6. The number of para-hydroxylation sites is 2. The molecular weight excluding hydrogens is 260 g/mol. The minimum atomic E-state index is -0.399. The van der Waals surface area contributed by atoms with Crippen molar-refractivity contribution in [2.24, 2.45) is 0 Å². The van der Waals surface area contributed by atoms with Gasteiger partial charge in [-0.25, -0.2) is 4.98 Å². The highest BCUT2D eigenvalue weighted by Crippen LogP contribution is 2.32. The molecule has 0 amide bonds. The fraction of sp³-hybridized carbons (Fsp3) is 0.286. The Morgan fingerprint density at radius 3 is 2.70 bits per heavy atom. The van der Waals surface area contributed by atoms with Gasteiger partial charge in [-0.3, -0.25) is 4.79 Å². The second-order valence-electron chi connectivity index (χ2n) is 3.97. The number of ether oxygens (including phenoxy) is 3. The van der Waals surface area contributed by atoms with Gasteiger partial charge in [0.05, 0.1) is 20.0 Å². The van der Waals surface area contributed by atoms with Crippen LogP contribution in [0.15, 0.2) is 35.4 Å². The van der Waals surface area contributed by atoms with Gasteiger partial charge >= 0.3 is 0 Å². The molecule has 1 heterocycles. The average molecular weight is 276 g/mol. The van der Waals surface area contributed by atoms with Crippen LogP contribution in [0.1, 0.15) is 13.3 Å². The van der Waals surface area contributed by atoms with Crippen molar-refractivity contribution >= 4 is 0 Å². The van der Waals surface area contributed by atoms with Crippen LogP contribution >= 0.6 is 0 Å². The molecule has 0 saturated heterocycles. The lowest BCUT2D eigenvalue weighted by Gasteiger charge is -2.12. The Labute approximate surface area is 116 Å². The Bertz CT molecular complexity index is 625. The zero-order chi connectivity index (χ0) is 14.4. The smallest absolute Gasteiger partial charge is 0.297 e. The van der Waals surface area contributed by atoms with Gasteiger partial charge in [0, 0.05) is 0 Å². The summed E-state index contributed by atoms with van der Waals surface area (Å²) in [5.74, 6) is 1.21. The van der Waals surface area contributed by atoms with Gasteiger partial charge in [0.1, 0.15) is 0 Å². The summed E-state index contributed by atoms with van der Waals surface area (Å²) in [4.78, 5) is 18.0. The first-order valence-corrected chi connectivity index (χ1v) is 6.27. The molecule has 0 unspecified atom stereocenters. The first-order chi connectivity index (χ1) is 9.76. The van der Waals surface area contributed by atoms with E-state index in [2.05, 4.69) is 9.97 Å². The molecular formula is C14H16N2O4. The second-order valence-corrected chi connectivity index (χ2v) is 3.97. The number of hydrogen-bond acceptors (Lipinski definition) is 5. The largest absolute Gasteiger partial charge is 0.490 e. The maximum atomic E-state index is 11.6. The van der Waals surface area contributed by atoms with Gasteiger partial charge in [-0.05, 0) is 18.6 Å². The van der Waals surface area contributed by atoms with Crippen LogP contribution in [0.5, 0.6) is 23.1 Å². The number of hydrogen-bond donors (Lipinski definition) is 1. The Kier molecular flexibility index (Phi) is 4.60. The SMILES string of the molecule is CCCOc1ccccc1Oc1nc[nH]c(=O)c1OC. The van der Waals surface area contributed by atoms with Crippen molar-refractivity contribution in [2.45, 2.75) is 13.3 Å². The van der Waals surface area contributed by atoms with Crippen molar-refractivity contribution in [3.63, 3.8) is 0 Å². The molecule has 20 heavy (non-hydrogen) atoms. The van der Waals surface area contributed by atoms with Gasteiger partial charge in [-0.2, -0.15) is 0 Å². The number of aromatic amines is 1. The first kappa shape index (κ1) is 13.9. The molecule has 0 aliphatic carbocycles. The molecule has 1 N–H and O–H groups in total. The van der Waals surface area contributed by atoms with Crippen LogP contribution in [0, 0.1) is 0 Å². The van der Waals surface area contributed by atoms with E-state index in [-0.39, 0.29) is 11.6 Å². The molecule has 6 nitrogen and oxygen atoms in total. The van der Waals surface area contributed by atoms with E-state index in [1.807, 2.05) is 19.1 Å². The normalized spacial score (nSPS) is 10.1. The Morgan fingerprint density at radius 1 is 1.25 bits per heavy atom. The summed E-state index contributed by atoms with van der Waals surface area (Å²) in [6.45, 7) is 2.60. The molecule has 0 fully saturated rings. The van der Waals surface area contributed by atoms with Gasteiger partial charge in [0.2, 0.25) is 5.75 Å². The molecule has 1 aromatic heterocycles. The van der Waals surface area contributed by atoms with Crippen molar-refractivity contribution in [1.29, 1.82) is 0 Å². The Hall–Kier alpha value is -2.50. The maximum Gasteiger partial charge on any atom is 0.297 e. The van der Waals surface area contributed by atoms with Crippen LogP contribution in [0.3, 0.4) is 0 Å². The second kappa shape index (κ2) is 6.60. The third kappa shape index (κ3) is 3.09. The number of nitrogens with zero attached hydrogens (tertiary/aromatic N) is 1. The summed E-state index contributed by atoms with van der Waals surface area (Å²) in [6.07, 6.45) is 2.15. The zero-order valence-electron chi connectivity index (χ0n) is 11.4. The third-order valence-corrected chi connectivity index (χ3v) is 2.50. The van der Waals surface area contributed by atoms with Crippen LogP contribution in [0.4, 0.5) is 0 Å². The third-order valence-electron chi connectivity index (χ3n) is 2.50. The molecule has 0 aliphatic rings. The number of nitrogens with one attached hydrogen (secondary N) is 1. The zero-order valence-corrected chi connectivity index (χ0v) is 11.4. The summed E-state index contributed by atoms with van der Waals surface area (Å²) >= 11 is 0. The average Bonchev–Trinajstić information content (AvgIpc) is 2.47. The van der Waals surface area contributed by atoms with E-state index >= 15 is 0 Å². The van der Waals surface area contributed by atoms with Crippen molar-refractivity contribution in [1.82, 2.24) is 9.97 Å². The minimum absolute atomic E-state index is 0.0257. The molecule has 0 bridgehead atoms. The minimum Gasteiger partial charge on any atom is -0.490 e. The summed E-state index contributed by atoms with van der Waals surface area (Å²) in [7, 11) is 1.39. The molecule has 0 atom stereocenters. The highest BCUT2D eigenvalue weighted by Gasteiger charge is 2.13. The fourth-order valence-electron chi connectivity index (χ4n) is 1.59. The van der Waals surface area contributed by atoms with E-state index in [1.54, 1.807) is 12.1 Å². The van der Waals surface area contributed by atoms with E-state index in [0.717, 1.165) is 6.42 Å². The van der Waals surface area contributed by atoms with Crippen LogP contribution in [-0.4, -0.2) is 23.7 Å². The molecule has 0 spiro atoms. The van der Waals surface area contributed by atoms with E-state index in [1.165, 1.54) is 13.4 Å². The lowest BCUT2D eigenvalue weighted by Crippen LogP contribution is -2.11. The van der Waals surface area contributed by atoms with Gasteiger partial charge in [-0.15, -0.1) is 0 Å². The van der Waals surface area contributed by atoms with Crippen molar-refractivity contribution in [3.05, 3.63) is 40.9 Å². The van der Waals surface area contributed by atoms with E-state index < -0.39 is 5.56 Å². The quantitative estimate of drug-likeness (QED) is 0.876. The molecule has 1 aromatic carbocycles. The molecule has 2 rings (SSSR count). The van der Waals surface area contributed by atoms with Gasteiger partial charge in [0.25, 0.3) is 11.4 Å². The summed E-state index contributed by atoms with van der Waals surface area (Å²) in [5.41, 5.74) is -0.399. The van der Waals surface area contributed by atoms with Crippen molar-refractivity contribution < 1.29 is 14.2 Å². The number of aromatic nitrogens is 2. The van der Waals surface area contributed by atoms with Crippen molar-refractivity contribution in [2.75, 3.05) is 13.7 Å². The van der Waals surface area contributed by atoms with E-state index in [9.17, 15) is 4.79 Å². The lowest BCUT2D eigenvalue weighted by molar-refractivity contribution is 0.296. The Balaban J connectivity index is 2.30. The number of benzene rings is 1. The van der Waals surface area contributed by atoms with Gasteiger partial charge in [0.15, 0.2) is 11.5 Å². The molecule has 6 heteroatoms. The van der Waals surface area contributed by atoms with Crippen molar-refractivity contribution in [3.8, 4) is 23.1 Å². The molecule has 2 aromatic rings. The number of H-pyrrole nitrogens is 1. The summed E-state index contributed by atoms with van der Waals surface area (Å²) < 4.78 is 16.2. The number of rotatable bonds is 6. The van der Waals surface area contributed by atoms with Crippen LogP contribution in [-0.2, 0) is 0 Å². The van der Waals surface area contributed by atoms with E-state index in [4.69, 9.17) is 14.2 Å². The highest BCUT2D eigenvalue weighted by molar-refractivity contribution is 5.43. The Morgan fingerprint density at radius 2 is 2.00 bits per heavy atom. The van der Waals surface area contributed by atoms with Crippen LogP contribution in [0.25, 0.3) is 0 Å². The molecule has 0 aliphatic heterocycles. The number of methoxy groups -OCH3 is 1. The fourth-order valence-corrected chi connectivity index (χ4v) is 1.59. The van der Waals surface area contributed by atoms with Crippen LogP contribution in [0.2, 0.25) is 0 Å². The molecule has 0 radical (unpaired) electrons. The lowest BCUT2D eigenvalue weighted by atomic mass is 10.3. The topological polar surface area (TPSA) is 73.4 Å². The molecule has 106 valence electrons. The summed E-state index contributed by atoms with van der Waals surface area (Å²) in [5, 5.41) is 0. The van der Waals surface area contributed by atoms with E-state index in [0.29, 0.717) is 18.1 Å². The standard InChI is InChI=1S/C14H16N2O4/c1-3-8-19-10-6-4-5-7-11(10)20-14-12(18-2)13(17)15-9-16-14/h4-7,9H,3,8H2,1-2H3,(H,15,16,17). The van der Waals surface area contributed by atoms with Gasteiger partial charge in [-0.1, -0.05) is 19.1 Å². The first-order valence-electron chi connectivity index (χ1n) is 6.27. The summed E-state index contributed by atoms with van der Waals surface area (Å²) in [6, 6.07) is 7.20. The van der Waals surface area contributed by atoms with Gasteiger partial charge < -0.3 is 19.2 Å². The predicted molar refractivity (Wildman–Crippen MR) is 73.7 cm³/mol. The van der Waals surface area contributed by atoms with Crippen LogP contribution < -0.4 is 19.8 Å².